The molecule has 2 amide bonds. The second-order valence-electron chi connectivity index (χ2n) is 22.9. The third kappa shape index (κ3) is 28.1. The summed E-state index contributed by atoms with van der Waals surface area (Å²) in [7, 11) is -6.05. The van der Waals surface area contributed by atoms with Gasteiger partial charge in [-0.2, -0.15) is 8.42 Å². The topological polar surface area (TPSA) is 305 Å². The first kappa shape index (κ1) is 77.6. The first-order valence-corrected chi connectivity index (χ1v) is 34.4. The molecule has 0 saturated carbocycles. The number of carbonyl (C=O) groups excluding carboxylic acids is 3. The van der Waals surface area contributed by atoms with Crippen molar-refractivity contribution < 1.29 is 106 Å². The van der Waals surface area contributed by atoms with Crippen LogP contribution in [-0.2, 0) is 107 Å². The van der Waals surface area contributed by atoms with Crippen LogP contribution in [0, 0.1) is 0 Å². The molecule has 4 aliphatic rings. The highest BCUT2D eigenvalue weighted by Crippen LogP contribution is 2.51. The van der Waals surface area contributed by atoms with Gasteiger partial charge in [0.2, 0.25) is 5.36 Å². The number of benzene rings is 2. The van der Waals surface area contributed by atoms with Gasteiger partial charge in [-0.15, -0.1) is 5.06 Å². The maximum Gasteiger partial charge on any atom is 0.333 e. The molecule has 92 heavy (non-hydrogen) atoms. The van der Waals surface area contributed by atoms with Crippen molar-refractivity contribution in [3.63, 3.8) is 0 Å². The smallest absolute Gasteiger partial charge is 0.333 e. The van der Waals surface area contributed by atoms with Gasteiger partial charge in [0.05, 0.1) is 149 Å². The Bertz CT molecular complexity index is 2980. The van der Waals surface area contributed by atoms with E-state index in [0.29, 0.717) is 218 Å². The van der Waals surface area contributed by atoms with E-state index in [1.807, 2.05) is 48.2 Å². The fraction of sp³-hybridized carbons (Fsp3) is 0.656. The Morgan fingerprint density at radius 1 is 0.652 bits per heavy atom. The van der Waals surface area contributed by atoms with Crippen molar-refractivity contribution in [2.45, 2.75) is 94.8 Å². The zero-order valence-corrected chi connectivity index (χ0v) is 56.0. The van der Waals surface area contributed by atoms with Gasteiger partial charge in [0.15, 0.2) is 13.1 Å². The number of nitrogens with zero attached hydrogens (tertiary/aromatic N) is 3. The van der Waals surface area contributed by atoms with Crippen molar-refractivity contribution in [2.24, 2.45) is 0 Å². The normalized spacial score (nSPS) is 15.9. The summed E-state index contributed by atoms with van der Waals surface area (Å²) in [5, 5.41) is 1.37. The molecule has 0 spiro atoms. The van der Waals surface area contributed by atoms with Crippen LogP contribution in [0.1, 0.15) is 95.9 Å². The fourth-order valence-electron chi connectivity index (χ4n) is 10.1. The third-order valence-electron chi connectivity index (χ3n) is 14.8. The van der Waals surface area contributed by atoms with Crippen LogP contribution in [0.4, 0.5) is 5.69 Å². The van der Waals surface area contributed by atoms with E-state index in [1.165, 1.54) is 12.1 Å². The summed E-state index contributed by atoms with van der Waals surface area (Å²) >= 11 is 0. The summed E-state index contributed by atoms with van der Waals surface area (Å²) in [5.41, 5.74) is 2.18. The van der Waals surface area contributed by atoms with Crippen LogP contribution in [-0.4, -0.2) is 234 Å². The lowest BCUT2D eigenvalue weighted by molar-refractivity contribution is -0.197. The summed E-state index contributed by atoms with van der Waals surface area (Å²) in [4.78, 5) is 43.2. The molecule has 1 aromatic rings. The largest absolute Gasteiger partial charge is 0.744 e. The van der Waals surface area contributed by atoms with Gasteiger partial charge in [0.1, 0.15) is 34.9 Å². The van der Waals surface area contributed by atoms with Crippen LogP contribution in [0.15, 0.2) is 69.6 Å². The molecule has 3 aliphatic heterocycles. The number of allylic oxidation sites excluding steroid dienone is 3. The molecule has 1 fully saturated rings. The number of unbranched alkanes of at least 4 members (excludes halogenated alkanes) is 2. The lowest BCUT2D eigenvalue weighted by atomic mass is 9.77. The van der Waals surface area contributed by atoms with Gasteiger partial charge in [-0.1, -0.05) is 33.3 Å². The van der Waals surface area contributed by atoms with Gasteiger partial charge in [0.25, 0.3) is 21.9 Å². The van der Waals surface area contributed by atoms with Crippen molar-refractivity contribution >= 4 is 49.8 Å². The Hall–Kier alpha value is -5.12. The van der Waals surface area contributed by atoms with Crippen molar-refractivity contribution in [1.82, 2.24) is 9.64 Å². The van der Waals surface area contributed by atoms with Crippen molar-refractivity contribution in [3.8, 4) is 11.3 Å². The summed E-state index contributed by atoms with van der Waals surface area (Å²) < 4.78 is 147. The average Bonchev–Trinajstić information content (AvgIpc) is 1.56. The lowest BCUT2D eigenvalue weighted by Gasteiger charge is -2.30. The SMILES string of the molecule is COCCOCCOCCOCCOCCOCC[N+](CCOCCOCCOCCOCCOCCOC)=c1ccc2c(C(C)(C)C)cc(/C=C/C=C3/N(CCCCCC(=O)ON4C(=O)CCC4=O)c4ccc(S(=O)(=O)[O-])cc4C3(C)CCCS(=O)(=O)O)oc-2c1. The van der Waals surface area contributed by atoms with E-state index >= 15 is 0 Å². The van der Waals surface area contributed by atoms with Crippen molar-refractivity contribution in [3.05, 3.63) is 82.6 Å². The first-order valence-electron chi connectivity index (χ1n) is 31.4. The molecule has 26 nitrogen and oxygen atoms in total. The summed E-state index contributed by atoms with van der Waals surface area (Å²) in [6, 6.07) is 12.2. The maximum atomic E-state index is 12.6. The van der Waals surface area contributed by atoms with E-state index < -0.39 is 54.1 Å². The predicted molar refractivity (Wildman–Crippen MR) is 338 cm³/mol. The number of ether oxygens (including phenoxy) is 12. The Kier molecular flexibility index (Phi) is 35.1. The number of hydrogen-bond donors (Lipinski definition) is 1. The molecule has 0 aromatic heterocycles. The highest BCUT2D eigenvalue weighted by atomic mass is 32.2. The molecule has 0 radical (unpaired) electrons. The van der Waals surface area contributed by atoms with Crippen LogP contribution >= 0.6 is 0 Å². The van der Waals surface area contributed by atoms with Crippen molar-refractivity contribution in [1.29, 1.82) is 0 Å². The number of fused-ring (bicyclic) bond motifs is 2. The van der Waals surface area contributed by atoms with Gasteiger partial charge >= 0.3 is 5.97 Å². The number of methoxy groups -OCH3 is 2. The number of rotatable bonds is 50. The molecule has 5 rings (SSSR count). The number of imide groups is 1. The molecule has 1 saturated heterocycles. The van der Waals surface area contributed by atoms with E-state index in [-0.39, 0.29) is 37.5 Å². The molecule has 518 valence electrons. The van der Waals surface area contributed by atoms with Crippen LogP contribution in [0.2, 0.25) is 0 Å². The standard InChI is InChI=1S/C64H97N3O23S2/c1-63(2,3)55-49-52(12-10-13-59-64(4,21-11-47-91(71,72)73)56-50-53(92(74,75)76)16-18-57(56)66(59)22-9-7-8-14-62(70)90-67-60(68)19-20-61(67)69)89-58-48-51(15-17-54(55)58)65(23-25-79-31-33-83-39-41-87-45-43-85-37-35-81-29-27-77-5)24-26-80-32-34-84-40-42-88-46-44-86-38-36-82-30-28-78-6/h10,12-13,15-18,48-50H,7-9,11,14,19-47H2,1-6H3,(H-,71,72,73,74,75,76). The molecule has 3 heterocycles. The van der Waals surface area contributed by atoms with Crippen LogP contribution in [0.5, 0.6) is 0 Å². The van der Waals surface area contributed by atoms with Crippen LogP contribution in [0.3, 0.4) is 0 Å². The Morgan fingerprint density at radius 2 is 1.14 bits per heavy atom. The highest BCUT2D eigenvalue weighted by molar-refractivity contribution is 7.86. The lowest BCUT2D eigenvalue weighted by Crippen LogP contribution is -2.36. The average molecular weight is 1340 g/mol. The quantitative estimate of drug-likeness (QED) is 0.0323. The van der Waals surface area contributed by atoms with Gasteiger partial charge in [-0.25, -0.2) is 17.8 Å². The van der Waals surface area contributed by atoms with Crippen molar-refractivity contribution in [2.75, 3.05) is 190 Å². The Balaban J connectivity index is 1.33. The summed E-state index contributed by atoms with van der Waals surface area (Å²) in [6.07, 6.45) is 6.79. The van der Waals surface area contributed by atoms with Crippen LogP contribution < -0.4 is 14.8 Å². The number of hydroxylamine groups is 2. The monoisotopic (exact) mass is 1340 g/mol. The molecule has 28 heteroatoms. The van der Waals surface area contributed by atoms with E-state index in [2.05, 4.69) is 25.3 Å². The zero-order chi connectivity index (χ0) is 66.7. The van der Waals surface area contributed by atoms with E-state index in [4.69, 9.17) is 66.1 Å². The molecule has 1 N–H and O–H groups in total. The summed E-state index contributed by atoms with van der Waals surface area (Å²) in [5.74, 6) is -1.33. The Labute approximate surface area is 542 Å². The molecular formula is C64H97N3O23S2. The second kappa shape index (κ2) is 41.7. The van der Waals surface area contributed by atoms with Gasteiger partial charge in [-0.05, 0) is 91.6 Å². The zero-order valence-electron chi connectivity index (χ0n) is 54.4. The minimum Gasteiger partial charge on any atom is -0.744 e. The van der Waals surface area contributed by atoms with E-state index in [1.54, 1.807) is 26.4 Å². The maximum absolute atomic E-state index is 12.6. The fourth-order valence-corrected chi connectivity index (χ4v) is 11.1. The predicted octanol–water partition coefficient (Wildman–Crippen LogP) is 5.33. The molecule has 1 aromatic carbocycles. The van der Waals surface area contributed by atoms with E-state index in [9.17, 15) is 40.3 Å². The number of carbonyl (C=O) groups is 3. The molecule has 1 atom stereocenters. The number of hydrogen-bond acceptors (Lipinski definition) is 23. The molecular weight excluding hydrogens is 1240 g/mol. The number of anilines is 1. The van der Waals surface area contributed by atoms with Crippen LogP contribution in [0.25, 0.3) is 17.4 Å². The number of amides is 2. The molecule has 1 unspecified atom stereocenters. The highest BCUT2D eigenvalue weighted by Gasteiger charge is 2.43. The van der Waals surface area contributed by atoms with Gasteiger partial charge in [-0.3, -0.25) is 14.1 Å². The van der Waals surface area contributed by atoms with Gasteiger partial charge < -0.3 is 75.5 Å². The van der Waals surface area contributed by atoms with Gasteiger partial charge in [0, 0.05) is 68.5 Å². The molecule has 1 aliphatic carbocycles. The van der Waals surface area contributed by atoms with E-state index in [0.717, 1.165) is 16.5 Å². The first-order chi connectivity index (χ1) is 44.2. The minimum absolute atomic E-state index is 0.0135. The second-order valence-corrected chi connectivity index (χ2v) is 25.8. The third-order valence-corrected chi connectivity index (χ3v) is 16.5. The Morgan fingerprint density at radius 3 is 1.61 bits per heavy atom. The molecule has 0 bridgehead atoms. The minimum atomic E-state index is -4.92. The summed E-state index contributed by atoms with van der Waals surface area (Å²) in [6.45, 7) is 19.3.